The molecule has 1 atom stereocenters. The first-order valence-corrected chi connectivity index (χ1v) is 6.61. The van der Waals surface area contributed by atoms with Crippen molar-refractivity contribution in [3.63, 3.8) is 0 Å². The zero-order valence-electron chi connectivity index (χ0n) is 11.0. The van der Waals surface area contributed by atoms with Gasteiger partial charge in [-0.2, -0.15) is 13.2 Å². The summed E-state index contributed by atoms with van der Waals surface area (Å²) in [7, 11) is 0. The lowest BCUT2D eigenvalue weighted by Crippen LogP contribution is -2.38. The molecule has 1 heterocycles. The highest BCUT2D eigenvalue weighted by atomic mass is 19.4. The van der Waals surface area contributed by atoms with E-state index in [1.165, 1.54) is 4.90 Å². The van der Waals surface area contributed by atoms with E-state index < -0.39 is 12.7 Å². The fourth-order valence-electron chi connectivity index (χ4n) is 2.64. The van der Waals surface area contributed by atoms with Crippen molar-refractivity contribution < 1.29 is 13.2 Å². The number of nitrogens with zero attached hydrogens (tertiary/aromatic N) is 1. The molecule has 0 radical (unpaired) electrons. The van der Waals surface area contributed by atoms with Gasteiger partial charge in [0.25, 0.3) is 0 Å². The fourth-order valence-corrected chi connectivity index (χ4v) is 2.64. The summed E-state index contributed by atoms with van der Waals surface area (Å²) in [6.45, 7) is 2.75. The van der Waals surface area contributed by atoms with Crippen molar-refractivity contribution >= 4 is 5.69 Å². The van der Waals surface area contributed by atoms with Crippen molar-refractivity contribution in [2.45, 2.75) is 25.4 Å². The third-order valence-corrected chi connectivity index (χ3v) is 3.36. The average molecular weight is 272 g/mol. The monoisotopic (exact) mass is 272 g/mol. The van der Waals surface area contributed by atoms with Gasteiger partial charge in [-0.3, -0.25) is 4.90 Å². The zero-order chi connectivity index (χ0) is 13.9. The van der Waals surface area contributed by atoms with Crippen LogP contribution in [0.4, 0.5) is 18.9 Å². The molecule has 1 aliphatic rings. The van der Waals surface area contributed by atoms with E-state index in [1.807, 2.05) is 31.2 Å². The molecule has 2 nitrogen and oxygen atoms in total. The molecule has 0 spiro atoms. The fraction of sp³-hybridized carbons (Fsp3) is 0.571. The second-order valence-corrected chi connectivity index (χ2v) is 5.02. The zero-order valence-corrected chi connectivity index (χ0v) is 11.0. The number of hydrogen-bond donors (Lipinski definition) is 1. The van der Waals surface area contributed by atoms with Crippen LogP contribution in [0.1, 0.15) is 24.8 Å². The van der Waals surface area contributed by atoms with Gasteiger partial charge in [0.15, 0.2) is 0 Å². The Morgan fingerprint density at radius 1 is 1.32 bits per heavy atom. The molecular formula is C14H19F3N2. The van der Waals surface area contributed by atoms with Gasteiger partial charge < -0.3 is 5.32 Å². The van der Waals surface area contributed by atoms with Gasteiger partial charge in [0.1, 0.15) is 0 Å². The van der Waals surface area contributed by atoms with E-state index in [1.54, 1.807) is 0 Å². The van der Waals surface area contributed by atoms with E-state index in [0.717, 1.165) is 24.2 Å². The van der Waals surface area contributed by atoms with Gasteiger partial charge in [-0.15, -0.1) is 0 Å². The lowest BCUT2D eigenvalue weighted by atomic mass is 10.0. The van der Waals surface area contributed by atoms with Gasteiger partial charge in [-0.05, 0) is 24.6 Å². The molecule has 1 N–H and O–H groups in total. The maximum Gasteiger partial charge on any atom is 0.401 e. The number of anilines is 1. The second-order valence-electron chi connectivity index (χ2n) is 5.02. The molecule has 0 amide bonds. The molecule has 0 aliphatic carbocycles. The first kappa shape index (κ1) is 14.2. The van der Waals surface area contributed by atoms with Crippen molar-refractivity contribution in [3.8, 4) is 0 Å². The largest absolute Gasteiger partial charge is 0.401 e. The predicted octanol–water partition coefficient (Wildman–Crippen LogP) is 3.47. The smallest absolute Gasteiger partial charge is 0.384 e. The number of hydrogen-bond acceptors (Lipinski definition) is 2. The third-order valence-electron chi connectivity index (χ3n) is 3.36. The minimum atomic E-state index is -4.12. The molecule has 0 bridgehead atoms. The van der Waals surface area contributed by atoms with Crippen LogP contribution in [0.15, 0.2) is 24.3 Å². The normalized spacial score (nSPS) is 18.5. The lowest BCUT2D eigenvalue weighted by molar-refractivity contribution is -0.146. The van der Waals surface area contributed by atoms with Crippen LogP contribution in [0.5, 0.6) is 0 Å². The Balaban J connectivity index is 2.02. The summed E-state index contributed by atoms with van der Waals surface area (Å²) in [5.41, 5.74) is 2.18. The number of rotatable bonds is 5. The first-order chi connectivity index (χ1) is 8.99. The molecule has 0 fully saturated rings. The summed E-state index contributed by atoms with van der Waals surface area (Å²) < 4.78 is 37.6. The van der Waals surface area contributed by atoms with Gasteiger partial charge in [0, 0.05) is 24.7 Å². The number of para-hydroxylation sites is 1. The van der Waals surface area contributed by atoms with Crippen molar-refractivity contribution in [2.24, 2.45) is 0 Å². The molecule has 1 unspecified atom stereocenters. The van der Waals surface area contributed by atoms with Crippen molar-refractivity contribution in [3.05, 3.63) is 29.8 Å². The van der Waals surface area contributed by atoms with E-state index >= 15 is 0 Å². The van der Waals surface area contributed by atoms with E-state index in [2.05, 4.69) is 5.32 Å². The van der Waals surface area contributed by atoms with Crippen LogP contribution in [0.25, 0.3) is 0 Å². The molecule has 19 heavy (non-hydrogen) atoms. The summed E-state index contributed by atoms with van der Waals surface area (Å²) in [6, 6.07) is 7.85. The molecule has 0 saturated carbocycles. The van der Waals surface area contributed by atoms with Crippen LogP contribution in [0.3, 0.4) is 0 Å². The Morgan fingerprint density at radius 3 is 2.74 bits per heavy atom. The SMILES string of the molecule is CCCN(CC1CNc2ccccc21)CC(F)(F)F. The maximum absolute atomic E-state index is 12.5. The highest BCUT2D eigenvalue weighted by Gasteiger charge is 2.32. The molecule has 106 valence electrons. The second kappa shape index (κ2) is 5.82. The topological polar surface area (TPSA) is 15.3 Å². The molecule has 1 aliphatic heterocycles. The Labute approximate surface area is 111 Å². The Morgan fingerprint density at radius 2 is 2.05 bits per heavy atom. The van der Waals surface area contributed by atoms with Gasteiger partial charge in [0.05, 0.1) is 6.54 Å². The summed E-state index contributed by atoms with van der Waals surface area (Å²) in [5, 5.41) is 3.25. The summed E-state index contributed by atoms with van der Waals surface area (Å²) in [6.07, 6.45) is -3.39. The highest BCUT2D eigenvalue weighted by Crippen LogP contribution is 2.32. The Bertz CT molecular complexity index is 417. The van der Waals surface area contributed by atoms with Crippen molar-refractivity contribution in [2.75, 3.05) is 31.5 Å². The molecule has 1 aromatic carbocycles. The number of fused-ring (bicyclic) bond motifs is 1. The molecule has 1 aromatic rings. The van der Waals surface area contributed by atoms with Gasteiger partial charge in [0.2, 0.25) is 0 Å². The van der Waals surface area contributed by atoms with Crippen molar-refractivity contribution in [1.82, 2.24) is 4.90 Å². The minimum absolute atomic E-state index is 0.144. The molecule has 0 aromatic heterocycles. The van der Waals surface area contributed by atoms with Gasteiger partial charge in [-0.1, -0.05) is 25.1 Å². The maximum atomic E-state index is 12.5. The average Bonchev–Trinajstić information content (AvgIpc) is 2.71. The van der Waals surface area contributed by atoms with E-state index in [4.69, 9.17) is 0 Å². The van der Waals surface area contributed by atoms with Gasteiger partial charge >= 0.3 is 6.18 Å². The minimum Gasteiger partial charge on any atom is -0.384 e. The predicted molar refractivity (Wildman–Crippen MR) is 70.5 cm³/mol. The molecule has 5 heteroatoms. The molecule has 2 rings (SSSR count). The summed E-state index contributed by atoms with van der Waals surface area (Å²) >= 11 is 0. The van der Waals surface area contributed by atoms with E-state index in [0.29, 0.717) is 13.1 Å². The summed E-state index contributed by atoms with van der Waals surface area (Å²) in [5.74, 6) is 0.144. The third kappa shape index (κ3) is 3.86. The Hall–Kier alpha value is -1.23. The highest BCUT2D eigenvalue weighted by molar-refractivity contribution is 5.57. The van der Waals surface area contributed by atoms with Crippen LogP contribution in [-0.2, 0) is 0 Å². The van der Waals surface area contributed by atoms with Crippen LogP contribution < -0.4 is 5.32 Å². The number of nitrogens with one attached hydrogen (secondary N) is 1. The van der Waals surface area contributed by atoms with E-state index in [9.17, 15) is 13.2 Å². The molecule has 0 saturated heterocycles. The first-order valence-electron chi connectivity index (χ1n) is 6.61. The van der Waals surface area contributed by atoms with Crippen LogP contribution in [0.2, 0.25) is 0 Å². The number of benzene rings is 1. The van der Waals surface area contributed by atoms with Crippen molar-refractivity contribution in [1.29, 1.82) is 0 Å². The van der Waals surface area contributed by atoms with Gasteiger partial charge in [-0.25, -0.2) is 0 Å². The van der Waals surface area contributed by atoms with Crippen LogP contribution in [0, 0.1) is 0 Å². The molecular weight excluding hydrogens is 253 g/mol. The standard InChI is InChI=1S/C14H19F3N2/c1-2-7-19(10-14(15,16)17)9-11-8-18-13-6-4-3-5-12(11)13/h3-6,11,18H,2,7-10H2,1H3. The van der Waals surface area contributed by atoms with Crippen LogP contribution in [-0.4, -0.2) is 37.3 Å². The lowest BCUT2D eigenvalue weighted by Gasteiger charge is -2.26. The number of halogens is 3. The quantitative estimate of drug-likeness (QED) is 0.883. The number of alkyl halides is 3. The van der Waals surface area contributed by atoms with Crippen LogP contribution >= 0.6 is 0 Å². The van der Waals surface area contributed by atoms with E-state index in [-0.39, 0.29) is 5.92 Å². The summed E-state index contributed by atoms with van der Waals surface area (Å²) in [4.78, 5) is 1.51. The Kier molecular flexibility index (Phi) is 4.34.